The first-order chi connectivity index (χ1) is 14.9. The van der Waals surface area contributed by atoms with Gasteiger partial charge in [-0.15, -0.1) is 0 Å². The van der Waals surface area contributed by atoms with Gasteiger partial charge in [-0.25, -0.2) is 0 Å². The Bertz CT molecular complexity index is 978. The van der Waals surface area contributed by atoms with Crippen molar-refractivity contribution < 1.29 is 14.4 Å². The fraction of sp³-hybridized carbons (Fsp3) is 0.400. The summed E-state index contributed by atoms with van der Waals surface area (Å²) in [5.41, 5.74) is 2.98. The van der Waals surface area contributed by atoms with Crippen molar-refractivity contribution in [1.29, 1.82) is 0 Å². The lowest BCUT2D eigenvalue weighted by molar-refractivity contribution is -0.137. The zero-order valence-corrected chi connectivity index (χ0v) is 18.1. The number of nitrogens with one attached hydrogen (secondary N) is 1. The van der Waals surface area contributed by atoms with E-state index < -0.39 is 0 Å². The van der Waals surface area contributed by atoms with Gasteiger partial charge in [-0.1, -0.05) is 30.7 Å². The molecular formula is C25H29N3O3. The van der Waals surface area contributed by atoms with Crippen molar-refractivity contribution in [1.82, 2.24) is 4.90 Å². The average molecular weight is 420 g/mol. The van der Waals surface area contributed by atoms with E-state index >= 15 is 0 Å². The van der Waals surface area contributed by atoms with Crippen LogP contribution in [-0.2, 0) is 9.59 Å². The number of carbonyl (C=O) groups is 3. The first-order valence-corrected chi connectivity index (χ1v) is 11.0. The second kappa shape index (κ2) is 8.92. The average Bonchev–Trinajstić information content (AvgIpc) is 3.17. The summed E-state index contributed by atoms with van der Waals surface area (Å²) in [7, 11) is 0. The third kappa shape index (κ3) is 4.79. The van der Waals surface area contributed by atoms with Gasteiger partial charge in [0.1, 0.15) is 0 Å². The molecule has 6 heteroatoms. The Morgan fingerprint density at radius 1 is 1.03 bits per heavy atom. The van der Waals surface area contributed by atoms with Crippen LogP contribution in [0.4, 0.5) is 11.4 Å². The second-order valence-corrected chi connectivity index (χ2v) is 8.78. The van der Waals surface area contributed by atoms with Crippen LogP contribution in [0.3, 0.4) is 0 Å². The minimum atomic E-state index is -0.314. The molecule has 2 aromatic carbocycles. The second-order valence-electron chi connectivity index (χ2n) is 8.78. The quantitative estimate of drug-likeness (QED) is 0.818. The third-order valence-electron chi connectivity index (χ3n) is 6.30. The Labute approximate surface area is 183 Å². The molecule has 2 saturated heterocycles. The van der Waals surface area contributed by atoms with Crippen LogP contribution in [0.2, 0.25) is 0 Å². The van der Waals surface area contributed by atoms with Gasteiger partial charge in [0.15, 0.2) is 0 Å². The molecule has 0 unspecified atom stereocenters. The maximum Gasteiger partial charge on any atom is 0.255 e. The highest BCUT2D eigenvalue weighted by Crippen LogP contribution is 2.28. The fourth-order valence-electron chi connectivity index (χ4n) is 4.26. The summed E-state index contributed by atoms with van der Waals surface area (Å²) in [6.07, 6.45) is 2.27. The molecule has 2 fully saturated rings. The predicted octanol–water partition coefficient (Wildman–Crippen LogP) is 3.86. The minimum Gasteiger partial charge on any atom is -0.342 e. The molecular weight excluding hydrogens is 390 g/mol. The van der Waals surface area contributed by atoms with E-state index in [0.717, 1.165) is 37.2 Å². The summed E-state index contributed by atoms with van der Waals surface area (Å²) in [5.74, 6) is 0.119. The van der Waals surface area contributed by atoms with Crippen molar-refractivity contribution in [3.63, 3.8) is 0 Å². The van der Waals surface area contributed by atoms with Crippen LogP contribution in [-0.4, -0.2) is 42.3 Å². The maximum absolute atomic E-state index is 12.9. The summed E-state index contributed by atoms with van der Waals surface area (Å²) in [6, 6.07) is 14.6. The highest BCUT2D eigenvalue weighted by molar-refractivity contribution is 6.06. The van der Waals surface area contributed by atoms with E-state index in [-0.39, 0.29) is 30.1 Å². The smallest absolute Gasteiger partial charge is 0.255 e. The number of piperidine rings is 1. The molecule has 0 bridgehead atoms. The van der Waals surface area contributed by atoms with Gasteiger partial charge in [0.2, 0.25) is 11.8 Å². The number of amides is 3. The van der Waals surface area contributed by atoms with Crippen LogP contribution in [0, 0.1) is 18.8 Å². The molecule has 0 aliphatic carbocycles. The summed E-state index contributed by atoms with van der Waals surface area (Å²) in [5, 5.41) is 2.88. The predicted molar refractivity (Wildman–Crippen MR) is 121 cm³/mol. The van der Waals surface area contributed by atoms with E-state index in [0.29, 0.717) is 23.7 Å². The molecule has 2 aromatic rings. The Kier molecular flexibility index (Phi) is 6.07. The Balaban J connectivity index is 1.43. The van der Waals surface area contributed by atoms with E-state index in [1.54, 1.807) is 23.1 Å². The number of aryl methyl sites for hydroxylation is 1. The summed E-state index contributed by atoms with van der Waals surface area (Å²) in [6.45, 7) is 6.13. The standard InChI is InChI=1S/C25H29N3O3/c1-17-6-8-21(9-7-17)26-24(30)19-4-3-5-22(14-19)28-16-20(15-23(28)29)25(31)27-12-10-18(2)11-13-27/h3-9,14,18,20H,10-13,15-16H2,1-2H3,(H,26,30)/t20-/m1/s1. The Hall–Kier alpha value is -3.15. The summed E-state index contributed by atoms with van der Waals surface area (Å²) < 4.78 is 0. The van der Waals surface area contributed by atoms with Crippen molar-refractivity contribution in [2.45, 2.75) is 33.1 Å². The SMILES string of the molecule is Cc1ccc(NC(=O)c2cccc(N3C[C@H](C(=O)N4CCC(C)CC4)CC3=O)c2)cc1. The number of rotatable bonds is 4. The first kappa shape index (κ1) is 21.1. The lowest BCUT2D eigenvalue weighted by Gasteiger charge is -2.32. The lowest BCUT2D eigenvalue weighted by Crippen LogP contribution is -2.42. The maximum atomic E-state index is 12.9. The zero-order chi connectivity index (χ0) is 22.0. The monoisotopic (exact) mass is 419 g/mol. The molecule has 31 heavy (non-hydrogen) atoms. The van der Waals surface area contributed by atoms with E-state index in [1.807, 2.05) is 42.2 Å². The molecule has 6 nitrogen and oxygen atoms in total. The van der Waals surface area contributed by atoms with Gasteiger partial charge in [0.05, 0.1) is 5.92 Å². The van der Waals surface area contributed by atoms with Gasteiger partial charge in [-0.3, -0.25) is 14.4 Å². The van der Waals surface area contributed by atoms with Crippen LogP contribution in [0.5, 0.6) is 0 Å². The normalized spacial score (nSPS) is 19.5. The highest BCUT2D eigenvalue weighted by atomic mass is 16.2. The topological polar surface area (TPSA) is 69.7 Å². The van der Waals surface area contributed by atoms with Crippen molar-refractivity contribution in [3.8, 4) is 0 Å². The Morgan fingerprint density at radius 3 is 2.45 bits per heavy atom. The van der Waals surface area contributed by atoms with Gasteiger partial charge in [0.25, 0.3) is 5.91 Å². The van der Waals surface area contributed by atoms with Crippen LogP contribution in [0.15, 0.2) is 48.5 Å². The number of carbonyl (C=O) groups excluding carboxylic acids is 3. The number of benzene rings is 2. The summed E-state index contributed by atoms with van der Waals surface area (Å²) >= 11 is 0. The van der Waals surface area contributed by atoms with Crippen molar-refractivity contribution in [2.75, 3.05) is 29.9 Å². The van der Waals surface area contributed by atoms with Gasteiger partial charge < -0.3 is 15.1 Å². The molecule has 0 saturated carbocycles. The molecule has 2 aliphatic rings. The van der Waals surface area contributed by atoms with Crippen molar-refractivity contribution in [3.05, 3.63) is 59.7 Å². The molecule has 1 N–H and O–H groups in total. The van der Waals surface area contributed by atoms with Gasteiger partial charge >= 0.3 is 0 Å². The summed E-state index contributed by atoms with van der Waals surface area (Å²) in [4.78, 5) is 41.8. The molecule has 0 aromatic heterocycles. The molecule has 1 atom stereocenters. The van der Waals surface area contributed by atoms with E-state index in [1.165, 1.54) is 0 Å². The highest BCUT2D eigenvalue weighted by Gasteiger charge is 2.38. The van der Waals surface area contributed by atoms with Crippen molar-refractivity contribution in [2.24, 2.45) is 11.8 Å². The van der Waals surface area contributed by atoms with Crippen LogP contribution >= 0.6 is 0 Å². The van der Waals surface area contributed by atoms with Crippen LogP contribution in [0.1, 0.15) is 42.1 Å². The van der Waals surface area contributed by atoms with Gasteiger partial charge in [0, 0.05) is 43.0 Å². The Morgan fingerprint density at radius 2 is 1.74 bits per heavy atom. The fourth-order valence-corrected chi connectivity index (χ4v) is 4.26. The lowest BCUT2D eigenvalue weighted by atomic mass is 9.97. The van der Waals surface area contributed by atoms with E-state index in [4.69, 9.17) is 0 Å². The number of anilines is 2. The van der Waals surface area contributed by atoms with Gasteiger partial charge in [-0.05, 0) is 56.0 Å². The first-order valence-electron chi connectivity index (χ1n) is 11.0. The molecule has 2 aliphatic heterocycles. The van der Waals surface area contributed by atoms with Crippen LogP contribution < -0.4 is 10.2 Å². The zero-order valence-electron chi connectivity index (χ0n) is 18.1. The number of hydrogen-bond acceptors (Lipinski definition) is 3. The molecule has 0 radical (unpaired) electrons. The molecule has 0 spiro atoms. The molecule has 3 amide bonds. The van der Waals surface area contributed by atoms with Gasteiger partial charge in [-0.2, -0.15) is 0 Å². The number of nitrogens with zero attached hydrogens (tertiary/aromatic N) is 2. The van der Waals surface area contributed by atoms with E-state index in [9.17, 15) is 14.4 Å². The third-order valence-corrected chi connectivity index (χ3v) is 6.30. The number of likely N-dealkylation sites (tertiary alicyclic amines) is 1. The van der Waals surface area contributed by atoms with E-state index in [2.05, 4.69) is 12.2 Å². The minimum absolute atomic E-state index is 0.0696. The number of hydrogen-bond donors (Lipinski definition) is 1. The molecule has 162 valence electrons. The van der Waals surface area contributed by atoms with Crippen LogP contribution in [0.25, 0.3) is 0 Å². The molecule has 4 rings (SSSR count). The molecule has 2 heterocycles. The van der Waals surface area contributed by atoms with Crippen molar-refractivity contribution >= 4 is 29.1 Å². The largest absolute Gasteiger partial charge is 0.342 e.